The van der Waals surface area contributed by atoms with Crippen molar-refractivity contribution >= 4 is 23.1 Å². The van der Waals surface area contributed by atoms with Crippen molar-refractivity contribution in [3.05, 3.63) is 35.1 Å². The maximum absolute atomic E-state index is 13.9. The topological polar surface area (TPSA) is 55.1 Å². The van der Waals surface area contributed by atoms with Crippen molar-refractivity contribution in [3.63, 3.8) is 0 Å². The standard InChI is InChI=1S/C16H21FN2OS/c1-15(2)12(16(15,3)4)14(20)19-8-10-6-5-9(13(18)21)7-11(10)17/h5-7,12H,8H2,1-4H3,(H2,18,21)(H,19,20). The Balaban J connectivity index is 2.02. The molecule has 0 saturated heterocycles. The monoisotopic (exact) mass is 308 g/mol. The Morgan fingerprint density at radius 1 is 1.33 bits per heavy atom. The first-order chi connectivity index (χ1) is 9.59. The Morgan fingerprint density at radius 3 is 2.33 bits per heavy atom. The normalized spacial score (nSPS) is 19.1. The molecule has 1 amide bonds. The molecule has 0 spiro atoms. The highest BCUT2D eigenvalue weighted by atomic mass is 32.1. The molecule has 1 aromatic rings. The SMILES string of the molecule is CC1(C)C(C(=O)NCc2ccc(C(N)=S)cc2F)C1(C)C. The molecule has 0 aromatic heterocycles. The number of thiocarbonyl (C=S) groups is 1. The summed E-state index contributed by atoms with van der Waals surface area (Å²) in [6, 6.07) is 4.57. The Bertz CT molecular complexity index is 596. The van der Waals surface area contributed by atoms with Crippen molar-refractivity contribution in [1.82, 2.24) is 5.32 Å². The Morgan fingerprint density at radius 2 is 1.90 bits per heavy atom. The molecule has 21 heavy (non-hydrogen) atoms. The van der Waals surface area contributed by atoms with Crippen LogP contribution < -0.4 is 11.1 Å². The van der Waals surface area contributed by atoms with E-state index in [0.29, 0.717) is 11.1 Å². The third kappa shape index (κ3) is 2.67. The van der Waals surface area contributed by atoms with Gasteiger partial charge >= 0.3 is 0 Å². The second kappa shape index (κ2) is 5.05. The number of carbonyl (C=O) groups is 1. The molecule has 3 N–H and O–H groups in total. The van der Waals surface area contributed by atoms with E-state index in [0.717, 1.165) is 0 Å². The summed E-state index contributed by atoms with van der Waals surface area (Å²) < 4.78 is 13.9. The third-order valence-electron chi connectivity index (χ3n) is 5.07. The fourth-order valence-electron chi connectivity index (χ4n) is 2.98. The van der Waals surface area contributed by atoms with Crippen LogP contribution >= 0.6 is 12.2 Å². The smallest absolute Gasteiger partial charge is 0.224 e. The van der Waals surface area contributed by atoms with Gasteiger partial charge in [0.1, 0.15) is 10.8 Å². The number of hydrogen-bond donors (Lipinski definition) is 2. The minimum Gasteiger partial charge on any atom is -0.389 e. The van der Waals surface area contributed by atoms with Crippen LogP contribution in [0.3, 0.4) is 0 Å². The molecule has 0 atom stereocenters. The van der Waals surface area contributed by atoms with E-state index >= 15 is 0 Å². The van der Waals surface area contributed by atoms with E-state index in [2.05, 4.69) is 33.0 Å². The second-order valence-corrected chi connectivity index (χ2v) is 7.20. The lowest BCUT2D eigenvalue weighted by molar-refractivity contribution is -0.123. The van der Waals surface area contributed by atoms with Gasteiger partial charge in [-0.3, -0.25) is 4.79 Å². The highest BCUT2D eigenvalue weighted by Crippen LogP contribution is 2.68. The summed E-state index contributed by atoms with van der Waals surface area (Å²) in [5.74, 6) is -0.471. The number of nitrogens with one attached hydrogen (secondary N) is 1. The molecule has 1 aliphatic rings. The molecule has 0 bridgehead atoms. The predicted molar refractivity (Wildman–Crippen MR) is 85.2 cm³/mol. The average Bonchev–Trinajstić information content (AvgIpc) is 2.77. The molecule has 1 saturated carbocycles. The number of nitrogens with two attached hydrogens (primary N) is 1. The van der Waals surface area contributed by atoms with Crippen LogP contribution in [0.1, 0.15) is 38.8 Å². The van der Waals surface area contributed by atoms with Gasteiger partial charge < -0.3 is 11.1 Å². The van der Waals surface area contributed by atoms with Gasteiger partial charge in [-0.25, -0.2) is 4.39 Å². The van der Waals surface area contributed by atoms with Gasteiger partial charge in [0, 0.05) is 23.6 Å². The minimum atomic E-state index is -0.407. The van der Waals surface area contributed by atoms with Gasteiger partial charge in [-0.15, -0.1) is 0 Å². The summed E-state index contributed by atoms with van der Waals surface area (Å²) in [4.78, 5) is 12.4. The zero-order chi connectivity index (χ0) is 16.0. The number of benzene rings is 1. The number of halogens is 1. The highest BCUT2D eigenvalue weighted by Gasteiger charge is 2.68. The van der Waals surface area contributed by atoms with Crippen LogP contribution in [0.2, 0.25) is 0 Å². The highest BCUT2D eigenvalue weighted by molar-refractivity contribution is 7.80. The summed E-state index contributed by atoms with van der Waals surface area (Å²) in [7, 11) is 0. The quantitative estimate of drug-likeness (QED) is 0.841. The zero-order valence-corrected chi connectivity index (χ0v) is 13.6. The van der Waals surface area contributed by atoms with Crippen molar-refractivity contribution < 1.29 is 9.18 Å². The number of hydrogen-bond acceptors (Lipinski definition) is 2. The van der Waals surface area contributed by atoms with Gasteiger partial charge in [-0.1, -0.05) is 52.0 Å². The first kappa shape index (κ1) is 15.9. The molecular weight excluding hydrogens is 287 g/mol. The molecule has 114 valence electrons. The van der Waals surface area contributed by atoms with E-state index in [1.807, 2.05) is 0 Å². The Labute approximate surface area is 130 Å². The molecule has 1 aliphatic carbocycles. The van der Waals surface area contributed by atoms with E-state index in [1.54, 1.807) is 12.1 Å². The van der Waals surface area contributed by atoms with E-state index in [4.69, 9.17) is 18.0 Å². The molecule has 3 nitrogen and oxygen atoms in total. The summed E-state index contributed by atoms with van der Waals surface area (Å²) in [6.07, 6.45) is 0. The number of amides is 1. The maximum atomic E-state index is 13.9. The summed E-state index contributed by atoms with van der Waals surface area (Å²) in [6.45, 7) is 8.48. The summed E-state index contributed by atoms with van der Waals surface area (Å²) in [5, 5.41) is 2.82. The minimum absolute atomic E-state index is 0.0226. The lowest BCUT2D eigenvalue weighted by atomic mass is 10.0. The van der Waals surface area contributed by atoms with Crippen LogP contribution in [0.15, 0.2) is 18.2 Å². The van der Waals surface area contributed by atoms with Crippen LogP contribution in [-0.2, 0) is 11.3 Å². The second-order valence-electron chi connectivity index (χ2n) is 6.76. The van der Waals surface area contributed by atoms with Crippen molar-refractivity contribution in [2.45, 2.75) is 34.2 Å². The zero-order valence-electron chi connectivity index (χ0n) is 12.8. The fraction of sp³-hybridized carbons (Fsp3) is 0.500. The molecule has 2 rings (SSSR count). The number of rotatable bonds is 4. The third-order valence-corrected chi connectivity index (χ3v) is 5.31. The first-order valence-corrected chi connectivity index (χ1v) is 7.36. The lowest BCUT2D eigenvalue weighted by Crippen LogP contribution is -2.27. The molecule has 5 heteroatoms. The summed E-state index contributed by atoms with van der Waals surface area (Å²) in [5.41, 5.74) is 6.33. The van der Waals surface area contributed by atoms with Crippen molar-refractivity contribution in [1.29, 1.82) is 0 Å². The van der Waals surface area contributed by atoms with Crippen molar-refractivity contribution in [3.8, 4) is 0 Å². The van der Waals surface area contributed by atoms with Crippen LogP contribution in [0, 0.1) is 22.6 Å². The lowest BCUT2D eigenvalue weighted by Gasteiger charge is -2.08. The van der Waals surface area contributed by atoms with Gasteiger partial charge in [-0.05, 0) is 16.9 Å². The van der Waals surface area contributed by atoms with Gasteiger partial charge in [0.2, 0.25) is 5.91 Å². The van der Waals surface area contributed by atoms with Gasteiger partial charge in [0.15, 0.2) is 0 Å². The Kier molecular flexibility index (Phi) is 3.82. The molecule has 0 radical (unpaired) electrons. The molecule has 1 aromatic carbocycles. The van der Waals surface area contributed by atoms with Crippen LogP contribution in [0.5, 0.6) is 0 Å². The van der Waals surface area contributed by atoms with Crippen molar-refractivity contribution in [2.75, 3.05) is 0 Å². The number of carbonyl (C=O) groups excluding carboxylic acids is 1. The van der Waals surface area contributed by atoms with E-state index in [9.17, 15) is 9.18 Å². The maximum Gasteiger partial charge on any atom is 0.224 e. The average molecular weight is 308 g/mol. The van der Waals surface area contributed by atoms with Gasteiger partial charge in [0.05, 0.1) is 0 Å². The van der Waals surface area contributed by atoms with E-state index < -0.39 is 5.82 Å². The molecule has 0 unspecified atom stereocenters. The first-order valence-electron chi connectivity index (χ1n) is 6.95. The fourth-order valence-corrected chi connectivity index (χ4v) is 3.11. The van der Waals surface area contributed by atoms with E-state index in [-0.39, 0.29) is 34.2 Å². The van der Waals surface area contributed by atoms with Gasteiger partial charge in [-0.2, -0.15) is 0 Å². The van der Waals surface area contributed by atoms with E-state index in [1.165, 1.54) is 6.07 Å². The van der Waals surface area contributed by atoms with Crippen molar-refractivity contribution in [2.24, 2.45) is 22.5 Å². The molecule has 1 fully saturated rings. The van der Waals surface area contributed by atoms with Crippen LogP contribution in [0.25, 0.3) is 0 Å². The van der Waals surface area contributed by atoms with Crippen LogP contribution in [0.4, 0.5) is 4.39 Å². The van der Waals surface area contributed by atoms with Crippen LogP contribution in [-0.4, -0.2) is 10.9 Å². The molecular formula is C16H21FN2OS. The Hall–Kier alpha value is -1.49. The summed E-state index contributed by atoms with van der Waals surface area (Å²) >= 11 is 4.81. The predicted octanol–water partition coefficient (Wildman–Crippen LogP) is 2.76. The molecule has 0 heterocycles. The van der Waals surface area contributed by atoms with Gasteiger partial charge in [0.25, 0.3) is 0 Å². The molecule has 0 aliphatic heterocycles. The largest absolute Gasteiger partial charge is 0.389 e.